The molecule has 1 aromatic rings. The standard InChI is InChI=1S/C14H23N5O2/c1-3-11-17-13(15)10(2)14(18-11)16-5-4-12(20)19-6-8-21-9-7-19/h3-9H2,1-2H3,(H3,15,16,17,18). The van der Waals surface area contributed by atoms with Crippen molar-refractivity contribution in [1.29, 1.82) is 0 Å². The van der Waals surface area contributed by atoms with Gasteiger partial charge in [-0.15, -0.1) is 0 Å². The minimum Gasteiger partial charge on any atom is -0.383 e. The third-order valence-corrected chi connectivity index (χ3v) is 3.54. The largest absolute Gasteiger partial charge is 0.383 e. The summed E-state index contributed by atoms with van der Waals surface area (Å²) in [5, 5.41) is 3.19. The number of aryl methyl sites for hydroxylation is 1. The van der Waals surface area contributed by atoms with Crippen molar-refractivity contribution in [3.05, 3.63) is 11.4 Å². The molecular weight excluding hydrogens is 270 g/mol. The number of amides is 1. The van der Waals surface area contributed by atoms with Crippen LogP contribution in [0, 0.1) is 6.92 Å². The quantitative estimate of drug-likeness (QED) is 0.825. The Labute approximate surface area is 124 Å². The number of ether oxygens (including phenoxy) is 1. The third kappa shape index (κ3) is 4.04. The molecule has 1 aliphatic rings. The zero-order valence-electron chi connectivity index (χ0n) is 12.7. The van der Waals surface area contributed by atoms with Gasteiger partial charge in [0, 0.05) is 38.0 Å². The lowest BCUT2D eigenvalue weighted by molar-refractivity contribution is -0.134. The lowest BCUT2D eigenvalue weighted by Gasteiger charge is -2.27. The van der Waals surface area contributed by atoms with E-state index < -0.39 is 0 Å². The lowest BCUT2D eigenvalue weighted by Crippen LogP contribution is -2.41. The number of rotatable bonds is 5. The van der Waals surface area contributed by atoms with Crippen LogP contribution in [0.3, 0.4) is 0 Å². The first-order valence-electron chi connectivity index (χ1n) is 7.34. The Balaban J connectivity index is 1.88. The fraction of sp³-hybridized carbons (Fsp3) is 0.643. The van der Waals surface area contributed by atoms with Crippen molar-refractivity contribution in [1.82, 2.24) is 14.9 Å². The van der Waals surface area contributed by atoms with Crippen LogP contribution in [-0.2, 0) is 16.0 Å². The number of carbonyl (C=O) groups excluding carboxylic acids is 1. The molecule has 0 aliphatic carbocycles. The van der Waals surface area contributed by atoms with Gasteiger partial charge in [0.15, 0.2) is 0 Å². The summed E-state index contributed by atoms with van der Waals surface area (Å²) in [5.74, 6) is 2.05. The maximum atomic E-state index is 12.0. The van der Waals surface area contributed by atoms with E-state index in [0.29, 0.717) is 56.7 Å². The Morgan fingerprint density at radius 3 is 2.76 bits per heavy atom. The Kier molecular flexibility index (Phi) is 5.32. The summed E-state index contributed by atoms with van der Waals surface area (Å²) in [4.78, 5) is 22.5. The molecule has 0 bridgehead atoms. The van der Waals surface area contributed by atoms with E-state index in [1.165, 1.54) is 0 Å². The molecule has 2 heterocycles. The van der Waals surface area contributed by atoms with Crippen molar-refractivity contribution >= 4 is 17.5 Å². The van der Waals surface area contributed by atoms with Crippen LogP contribution in [0.4, 0.5) is 11.6 Å². The first-order chi connectivity index (χ1) is 10.1. The van der Waals surface area contributed by atoms with E-state index in [4.69, 9.17) is 10.5 Å². The SMILES string of the molecule is CCc1nc(N)c(C)c(NCCC(=O)N2CCOCC2)n1. The average molecular weight is 293 g/mol. The molecule has 0 radical (unpaired) electrons. The maximum absolute atomic E-state index is 12.0. The van der Waals surface area contributed by atoms with E-state index in [2.05, 4.69) is 15.3 Å². The third-order valence-electron chi connectivity index (χ3n) is 3.54. The van der Waals surface area contributed by atoms with Gasteiger partial charge in [-0.3, -0.25) is 4.79 Å². The van der Waals surface area contributed by atoms with Gasteiger partial charge in [-0.1, -0.05) is 6.92 Å². The van der Waals surface area contributed by atoms with E-state index >= 15 is 0 Å². The summed E-state index contributed by atoms with van der Waals surface area (Å²) in [6, 6.07) is 0. The maximum Gasteiger partial charge on any atom is 0.224 e. The number of morpholine rings is 1. The highest BCUT2D eigenvalue weighted by Gasteiger charge is 2.16. The summed E-state index contributed by atoms with van der Waals surface area (Å²) < 4.78 is 5.24. The number of nitrogen functional groups attached to an aromatic ring is 1. The van der Waals surface area contributed by atoms with Gasteiger partial charge in [-0.25, -0.2) is 9.97 Å². The molecule has 7 heteroatoms. The van der Waals surface area contributed by atoms with Gasteiger partial charge in [0.1, 0.15) is 17.5 Å². The van der Waals surface area contributed by atoms with E-state index in [0.717, 1.165) is 12.0 Å². The molecule has 0 spiro atoms. The predicted octanol–water partition coefficient (Wildman–Crippen LogP) is 0.590. The van der Waals surface area contributed by atoms with Crippen LogP contribution in [0.25, 0.3) is 0 Å². The molecular formula is C14H23N5O2. The van der Waals surface area contributed by atoms with Crippen LogP contribution in [0.1, 0.15) is 24.7 Å². The summed E-state index contributed by atoms with van der Waals surface area (Å²) in [6.45, 7) is 7.01. The lowest BCUT2D eigenvalue weighted by atomic mass is 10.2. The first kappa shape index (κ1) is 15.5. The second-order valence-corrected chi connectivity index (χ2v) is 5.02. The number of carbonyl (C=O) groups is 1. The summed E-state index contributed by atoms with van der Waals surface area (Å²) >= 11 is 0. The monoisotopic (exact) mass is 293 g/mol. The van der Waals surface area contributed by atoms with Gasteiger partial charge in [0.25, 0.3) is 0 Å². The van der Waals surface area contributed by atoms with Gasteiger partial charge >= 0.3 is 0 Å². The van der Waals surface area contributed by atoms with E-state index in [1.54, 1.807) is 0 Å². The molecule has 1 fully saturated rings. The molecule has 7 nitrogen and oxygen atoms in total. The topological polar surface area (TPSA) is 93.4 Å². The summed E-state index contributed by atoms with van der Waals surface area (Å²) in [6.07, 6.45) is 1.16. The average Bonchev–Trinajstić information content (AvgIpc) is 2.51. The smallest absolute Gasteiger partial charge is 0.224 e. The van der Waals surface area contributed by atoms with Gasteiger partial charge in [0.2, 0.25) is 5.91 Å². The number of hydrogen-bond donors (Lipinski definition) is 2. The molecule has 21 heavy (non-hydrogen) atoms. The minimum absolute atomic E-state index is 0.140. The fourth-order valence-electron chi connectivity index (χ4n) is 2.17. The van der Waals surface area contributed by atoms with E-state index in [9.17, 15) is 4.79 Å². The van der Waals surface area contributed by atoms with Crippen LogP contribution in [0.2, 0.25) is 0 Å². The van der Waals surface area contributed by atoms with E-state index in [-0.39, 0.29) is 5.91 Å². The van der Waals surface area contributed by atoms with Crippen molar-refractivity contribution in [2.75, 3.05) is 43.9 Å². The molecule has 0 aromatic carbocycles. The number of nitrogens with one attached hydrogen (secondary N) is 1. The summed E-state index contributed by atoms with van der Waals surface area (Å²) in [5.41, 5.74) is 6.69. The van der Waals surface area contributed by atoms with Crippen molar-refractivity contribution in [3.8, 4) is 0 Å². The van der Waals surface area contributed by atoms with Crippen molar-refractivity contribution in [2.24, 2.45) is 0 Å². The molecule has 0 saturated carbocycles. The van der Waals surface area contributed by atoms with Crippen LogP contribution in [0.15, 0.2) is 0 Å². The molecule has 1 aliphatic heterocycles. The predicted molar refractivity (Wildman–Crippen MR) is 81.1 cm³/mol. The molecule has 1 aromatic heterocycles. The number of aromatic nitrogens is 2. The Hall–Kier alpha value is -1.89. The van der Waals surface area contributed by atoms with Crippen LogP contribution >= 0.6 is 0 Å². The number of nitrogens with two attached hydrogens (primary N) is 1. The number of nitrogens with zero attached hydrogens (tertiary/aromatic N) is 3. The normalized spacial score (nSPS) is 15.0. The highest BCUT2D eigenvalue weighted by atomic mass is 16.5. The molecule has 1 saturated heterocycles. The zero-order valence-corrected chi connectivity index (χ0v) is 12.7. The van der Waals surface area contributed by atoms with Crippen LogP contribution < -0.4 is 11.1 Å². The van der Waals surface area contributed by atoms with Crippen LogP contribution in [-0.4, -0.2) is 53.6 Å². The fourth-order valence-corrected chi connectivity index (χ4v) is 2.17. The molecule has 0 atom stereocenters. The Morgan fingerprint density at radius 1 is 1.38 bits per heavy atom. The Bertz CT molecular complexity index is 500. The first-order valence-corrected chi connectivity index (χ1v) is 7.34. The number of anilines is 2. The van der Waals surface area contributed by atoms with Crippen molar-refractivity contribution < 1.29 is 9.53 Å². The molecule has 2 rings (SSSR count). The molecule has 3 N–H and O–H groups in total. The highest BCUT2D eigenvalue weighted by Crippen LogP contribution is 2.17. The molecule has 0 unspecified atom stereocenters. The number of hydrogen-bond acceptors (Lipinski definition) is 6. The molecule has 1 amide bonds. The van der Waals surface area contributed by atoms with Crippen molar-refractivity contribution in [3.63, 3.8) is 0 Å². The minimum atomic E-state index is 0.140. The van der Waals surface area contributed by atoms with Crippen molar-refractivity contribution in [2.45, 2.75) is 26.7 Å². The second kappa shape index (κ2) is 7.21. The summed E-state index contributed by atoms with van der Waals surface area (Å²) in [7, 11) is 0. The van der Waals surface area contributed by atoms with Gasteiger partial charge < -0.3 is 20.7 Å². The van der Waals surface area contributed by atoms with Crippen LogP contribution in [0.5, 0.6) is 0 Å². The van der Waals surface area contributed by atoms with Gasteiger partial charge in [0.05, 0.1) is 13.2 Å². The van der Waals surface area contributed by atoms with E-state index in [1.807, 2.05) is 18.7 Å². The highest BCUT2D eigenvalue weighted by molar-refractivity contribution is 5.76. The Morgan fingerprint density at radius 2 is 2.10 bits per heavy atom. The molecule has 116 valence electrons. The van der Waals surface area contributed by atoms with Gasteiger partial charge in [-0.05, 0) is 6.92 Å². The second-order valence-electron chi connectivity index (χ2n) is 5.02. The zero-order chi connectivity index (χ0) is 15.2. The van der Waals surface area contributed by atoms with Gasteiger partial charge in [-0.2, -0.15) is 0 Å².